The number of methoxy groups -OCH3 is 1. The van der Waals surface area contributed by atoms with Gasteiger partial charge in [-0.15, -0.1) is 0 Å². The van der Waals surface area contributed by atoms with Crippen LogP contribution in [0.3, 0.4) is 0 Å². The summed E-state index contributed by atoms with van der Waals surface area (Å²) in [6.07, 6.45) is 4.71. The van der Waals surface area contributed by atoms with Gasteiger partial charge in [0, 0.05) is 13.1 Å². The number of hydrogen-bond donors (Lipinski definition) is 1. The van der Waals surface area contributed by atoms with Crippen molar-refractivity contribution in [3.63, 3.8) is 0 Å². The van der Waals surface area contributed by atoms with Crippen LogP contribution in [0.5, 0.6) is 6.01 Å². The molecule has 1 heterocycles. The van der Waals surface area contributed by atoms with Crippen LogP contribution in [0.2, 0.25) is 5.28 Å². The van der Waals surface area contributed by atoms with E-state index in [0.29, 0.717) is 24.5 Å². The molecule has 6 nitrogen and oxygen atoms in total. The summed E-state index contributed by atoms with van der Waals surface area (Å²) in [5.41, 5.74) is 5.86. The lowest BCUT2D eigenvalue weighted by atomic mass is 9.84. The van der Waals surface area contributed by atoms with Gasteiger partial charge in [0.05, 0.1) is 7.11 Å². The fraction of sp³-hybridized carbons (Fsp3) is 0.750. The zero-order valence-corrected chi connectivity index (χ0v) is 12.1. The molecule has 0 amide bonds. The molecule has 1 aromatic heterocycles. The van der Waals surface area contributed by atoms with E-state index in [1.54, 1.807) is 0 Å². The van der Waals surface area contributed by atoms with E-state index in [1.165, 1.54) is 20.0 Å². The molecule has 2 atom stereocenters. The van der Waals surface area contributed by atoms with Crippen molar-refractivity contribution in [1.82, 2.24) is 15.0 Å². The molecule has 0 radical (unpaired) electrons. The van der Waals surface area contributed by atoms with Gasteiger partial charge in [-0.3, -0.25) is 0 Å². The second-order valence-electron chi connectivity index (χ2n) is 4.85. The maximum absolute atomic E-state index is 5.89. The number of halogens is 1. The Morgan fingerprint density at radius 1 is 1.32 bits per heavy atom. The van der Waals surface area contributed by atoms with Crippen molar-refractivity contribution in [2.24, 2.45) is 11.7 Å². The minimum Gasteiger partial charge on any atom is -0.467 e. The summed E-state index contributed by atoms with van der Waals surface area (Å²) in [7, 11) is 3.49. The molecule has 0 aromatic carbocycles. The van der Waals surface area contributed by atoms with Gasteiger partial charge in [0.1, 0.15) is 0 Å². The largest absolute Gasteiger partial charge is 0.467 e. The summed E-state index contributed by atoms with van der Waals surface area (Å²) in [5, 5.41) is 0.147. The molecule has 1 aliphatic carbocycles. The van der Waals surface area contributed by atoms with E-state index in [1.807, 2.05) is 11.9 Å². The Hall–Kier alpha value is -1.14. The zero-order valence-electron chi connectivity index (χ0n) is 11.3. The van der Waals surface area contributed by atoms with E-state index in [4.69, 9.17) is 22.1 Å². The van der Waals surface area contributed by atoms with Gasteiger partial charge in [-0.1, -0.05) is 12.8 Å². The van der Waals surface area contributed by atoms with Crippen LogP contribution < -0.4 is 15.4 Å². The number of nitrogens with two attached hydrogens (primary N) is 1. The Morgan fingerprint density at radius 3 is 2.74 bits per heavy atom. The fourth-order valence-corrected chi connectivity index (χ4v) is 2.84. The molecular formula is C12H20ClN5O. The SMILES string of the molecule is COc1nc(Cl)nc(N(C)C2CCCCC2CN)n1. The maximum atomic E-state index is 5.89. The Morgan fingerprint density at radius 2 is 2.05 bits per heavy atom. The highest BCUT2D eigenvalue weighted by molar-refractivity contribution is 6.28. The van der Waals surface area contributed by atoms with Gasteiger partial charge in [0.15, 0.2) is 0 Å². The van der Waals surface area contributed by atoms with Crippen LogP contribution in [0.25, 0.3) is 0 Å². The molecule has 106 valence electrons. The van der Waals surface area contributed by atoms with Crippen molar-refractivity contribution in [2.45, 2.75) is 31.7 Å². The topological polar surface area (TPSA) is 77.2 Å². The molecule has 1 aliphatic rings. The third kappa shape index (κ3) is 3.25. The van der Waals surface area contributed by atoms with Crippen molar-refractivity contribution in [2.75, 3.05) is 25.6 Å². The second-order valence-corrected chi connectivity index (χ2v) is 5.19. The van der Waals surface area contributed by atoms with Crippen molar-refractivity contribution in [3.05, 3.63) is 5.28 Å². The summed E-state index contributed by atoms with van der Waals surface area (Å²) < 4.78 is 5.03. The van der Waals surface area contributed by atoms with E-state index in [0.717, 1.165) is 12.8 Å². The number of nitrogens with zero attached hydrogens (tertiary/aromatic N) is 4. The first-order valence-electron chi connectivity index (χ1n) is 6.54. The smallest absolute Gasteiger partial charge is 0.322 e. The van der Waals surface area contributed by atoms with Crippen LogP contribution in [-0.2, 0) is 0 Å². The molecule has 2 unspecified atom stereocenters. The molecule has 2 N–H and O–H groups in total. The van der Waals surface area contributed by atoms with Crippen LogP contribution in [0, 0.1) is 5.92 Å². The molecule has 0 spiro atoms. The molecule has 0 saturated heterocycles. The lowest BCUT2D eigenvalue weighted by Gasteiger charge is -2.37. The van der Waals surface area contributed by atoms with E-state index >= 15 is 0 Å². The number of hydrogen-bond acceptors (Lipinski definition) is 6. The molecule has 0 bridgehead atoms. The second kappa shape index (κ2) is 6.34. The number of aromatic nitrogens is 3. The number of ether oxygens (including phenoxy) is 1. The lowest BCUT2D eigenvalue weighted by molar-refractivity contribution is 0.303. The van der Waals surface area contributed by atoms with Gasteiger partial charge >= 0.3 is 6.01 Å². The first-order chi connectivity index (χ1) is 9.15. The monoisotopic (exact) mass is 285 g/mol. The number of rotatable bonds is 4. The Balaban J connectivity index is 2.22. The molecule has 1 aromatic rings. The summed E-state index contributed by atoms with van der Waals surface area (Å²) >= 11 is 5.89. The highest BCUT2D eigenvalue weighted by Crippen LogP contribution is 2.29. The molecule has 0 aliphatic heterocycles. The van der Waals surface area contributed by atoms with Gasteiger partial charge in [-0.2, -0.15) is 15.0 Å². The van der Waals surface area contributed by atoms with E-state index in [-0.39, 0.29) is 11.3 Å². The number of anilines is 1. The van der Waals surface area contributed by atoms with E-state index in [9.17, 15) is 0 Å². The van der Waals surface area contributed by atoms with Gasteiger partial charge in [0.25, 0.3) is 0 Å². The van der Waals surface area contributed by atoms with Crippen LogP contribution in [0.15, 0.2) is 0 Å². The van der Waals surface area contributed by atoms with Gasteiger partial charge in [0.2, 0.25) is 11.2 Å². The summed E-state index contributed by atoms with van der Waals surface area (Å²) in [6, 6.07) is 0.587. The predicted octanol–water partition coefficient (Wildman–Crippen LogP) is 1.49. The molecule has 2 rings (SSSR count). The normalized spacial score (nSPS) is 23.2. The standard InChI is InChI=1S/C12H20ClN5O/c1-18(9-6-4-3-5-8(9)7-14)11-15-10(13)16-12(17-11)19-2/h8-9H,3-7,14H2,1-2H3. The molecule has 1 saturated carbocycles. The fourth-order valence-electron chi connectivity index (χ4n) is 2.69. The minimum atomic E-state index is 0.147. The van der Waals surface area contributed by atoms with Crippen LogP contribution in [0.1, 0.15) is 25.7 Å². The van der Waals surface area contributed by atoms with Crippen molar-refractivity contribution < 1.29 is 4.74 Å². The van der Waals surface area contributed by atoms with Crippen LogP contribution in [-0.4, -0.2) is 41.7 Å². The van der Waals surface area contributed by atoms with Gasteiger partial charge in [-0.25, -0.2) is 0 Å². The van der Waals surface area contributed by atoms with Crippen LogP contribution in [0.4, 0.5) is 5.95 Å². The average molecular weight is 286 g/mol. The summed E-state index contributed by atoms with van der Waals surface area (Å²) in [4.78, 5) is 14.4. The third-order valence-electron chi connectivity index (χ3n) is 3.74. The highest BCUT2D eigenvalue weighted by atomic mass is 35.5. The van der Waals surface area contributed by atoms with Crippen molar-refractivity contribution in [1.29, 1.82) is 0 Å². The molecule has 1 fully saturated rings. The van der Waals surface area contributed by atoms with E-state index in [2.05, 4.69) is 15.0 Å². The zero-order chi connectivity index (χ0) is 13.8. The first-order valence-corrected chi connectivity index (χ1v) is 6.92. The van der Waals surface area contributed by atoms with Crippen molar-refractivity contribution in [3.8, 4) is 6.01 Å². The van der Waals surface area contributed by atoms with Gasteiger partial charge < -0.3 is 15.4 Å². The summed E-state index contributed by atoms with van der Waals surface area (Å²) in [5.74, 6) is 1.02. The Labute approximate surface area is 118 Å². The highest BCUT2D eigenvalue weighted by Gasteiger charge is 2.29. The van der Waals surface area contributed by atoms with Gasteiger partial charge in [-0.05, 0) is 36.9 Å². The maximum Gasteiger partial charge on any atom is 0.322 e. The quantitative estimate of drug-likeness (QED) is 0.903. The predicted molar refractivity (Wildman–Crippen MR) is 74.6 cm³/mol. The average Bonchev–Trinajstić information content (AvgIpc) is 2.45. The third-order valence-corrected chi connectivity index (χ3v) is 3.91. The lowest BCUT2D eigenvalue weighted by Crippen LogP contribution is -2.44. The molecular weight excluding hydrogens is 266 g/mol. The van der Waals surface area contributed by atoms with Crippen LogP contribution >= 0.6 is 11.6 Å². The van der Waals surface area contributed by atoms with Crippen molar-refractivity contribution >= 4 is 17.5 Å². The molecule has 19 heavy (non-hydrogen) atoms. The first kappa shape index (κ1) is 14.3. The molecule has 7 heteroatoms. The van der Waals surface area contributed by atoms with E-state index < -0.39 is 0 Å². The summed E-state index contributed by atoms with van der Waals surface area (Å²) in [6.45, 7) is 0.685. The Kier molecular flexibility index (Phi) is 4.76. The Bertz CT molecular complexity index is 431. The minimum absolute atomic E-state index is 0.147.